The molecule has 1 unspecified atom stereocenters. The number of pyridine rings is 1. The molecule has 2 N–H and O–H groups in total. The first-order valence-corrected chi connectivity index (χ1v) is 5.43. The molecule has 16 heavy (non-hydrogen) atoms. The Morgan fingerprint density at radius 2 is 2.19 bits per heavy atom. The van der Waals surface area contributed by atoms with E-state index in [1.54, 1.807) is 25.3 Å². The van der Waals surface area contributed by atoms with Gasteiger partial charge in [-0.3, -0.25) is 9.78 Å². The van der Waals surface area contributed by atoms with Crippen molar-refractivity contribution in [3.05, 3.63) is 24.0 Å². The monoisotopic (exact) mass is 222 g/mol. The van der Waals surface area contributed by atoms with Gasteiger partial charge >= 0.3 is 5.97 Å². The van der Waals surface area contributed by atoms with E-state index in [0.29, 0.717) is 24.4 Å². The van der Waals surface area contributed by atoms with Crippen molar-refractivity contribution in [3.8, 4) is 0 Å². The summed E-state index contributed by atoms with van der Waals surface area (Å²) in [7, 11) is 0. The van der Waals surface area contributed by atoms with E-state index in [0.717, 1.165) is 0 Å². The number of esters is 1. The first-order chi connectivity index (χ1) is 7.54. The van der Waals surface area contributed by atoms with Crippen molar-refractivity contribution >= 4 is 11.7 Å². The predicted octanol–water partition coefficient (Wildman–Crippen LogP) is 1.89. The SMILES string of the molecule is CCOC(=O)C(C)(CC)c1ccc(N)cn1. The van der Waals surface area contributed by atoms with E-state index in [-0.39, 0.29) is 5.97 Å². The summed E-state index contributed by atoms with van der Waals surface area (Å²) in [6, 6.07) is 3.52. The van der Waals surface area contributed by atoms with Crippen LogP contribution in [0.1, 0.15) is 32.9 Å². The van der Waals surface area contributed by atoms with Crippen molar-refractivity contribution in [3.63, 3.8) is 0 Å². The van der Waals surface area contributed by atoms with E-state index in [1.807, 2.05) is 13.8 Å². The Morgan fingerprint density at radius 1 is 1.50 bits per heavy atom. The molecule has 0 aliphatic rings. The van der Waals surface area contributed by atoms with E-state index in [9.17, 15) is 4.79 Å². The summed E-state index contributed by atoms with van der Waals surface area (Å²) >= 11 is 0. The lowest BCUT2D eigenvalue weighted by Crippen LogP contribution is -2.34. The second-order valence-corrected chi connectivity index (χ2v) is 3.88. The van der Waals surface area contributed by atoms with Crippen LogP contribution in [0.5, 0.6) is 0 Å². The number of nitrogens with two attached hydrogens (primary N) is 1. The van der Waals surface area contributed by atoms with Gasteiger partial charge in [-0.1, -0.05) is 6.92 Å². The molecule has 1 rings (SSSR count). The molecule has 0 aliphatic carbocycles. The Hall–Kier alpha value is -1.58. The van der Waals surface area contributed by atoms with Gasteiger partial charge in [-0.2, -0.15) is 0 Å². The highest BCUT2D eigenvalue weighted by molar-refractivity contribution is 5.82. The normalized spacial score (nSPS) is 14.2. The smallest absolute Gasteiger partial charge is 0.317 e. The van der Waals surface area contributed by atoms with E-state index in [1.165, 1.54) is 0 Å². The fourth-order valence-corrected chi connectivity index (χ4v) is 1.45. The molecule has 0 amide bonds. The zero-order chi connectivity index (χ0) is 12.2. The number of hydrogen-bond acceptors (Lipinski definition) is 4. The van der Waals surface area contributed by atoms with Gasteiger partial charge in [-0.25, -0.2) is 0 Å². The van der Waals surface area contributed by atoms with Crippen LogP contribution in [0.25, 0.3) is 0 Å². The molecule has 88 valence electrons. The largest absolute Gasteiger partial charge is 0.465 e. The van der Waals surface area contributed by atoms with E-state index in [4.69, 9.17) is 10.5 Å². The second kappa shape index (κ2) is 4.96. The fourth-order valence-electron chi connectivity index (χ4n) is 1.45. The predicted molar refractivity (Wildman–Crippen MR) is 62.9 cm³/mol. The van der Waals surface area contributed by atoms with Crippen LogP contribution < -0.4 is 5.73 Å². The van der Waals surface area contributed by atoms with Crippen LogP contribution >= 0.6 is 0 Å². The van der Waals surface area contributed by atoms with Crippen molar-refractivity contribution in [2.75, 3.05) is 12.3 Å². The van der Waals surface area contributed by atoms with Crippen molar-refractivity contribution in [1.82, 2.24) is 4.98 Å². The third-order valence-electron chi connectivity index (χ3n) is 2.78. The molecule has 4 heteroatoms. The third kappa shape index (κ3) is 2.32. The summed E-state index contributed by atoms with van der Waals surface area (Å²) in [5, 5.41) is 0. The average Bonchev–Trinajstić information content (AvgIpc) is 2.29. The minimum Gasteiger partial charge on any atom is -0.465 e. The number of carbonyl (C=O) groups is 1. The summed E-state index contributed by atoms with van der Waals surface area (Å²) in [4.78, 5) is 16.1. The number of nitrogen functional groups attached to an aromatic ring is 1. The third-order valence-corrected chi connectivity index (χ3v) is 2.78. The summed E-state index contributed by atoms with van der Waals surface area (Å²) in [5.74, 6) is -0.241. The molecule has 0 saturated heterocycles. The van der Waals surface area contributed by atoms with Gasteiger partial charge < -0.3 is 10.5 Å². The van der Waals surface area contributed by atoms with Gasteiger partial charge in [-0.05, 0) is 32.4 Å². The molecule has 1 atom stereocenters. The minimum absolute atomic E-state index is 0.241. The molecule has 0 spiro atoms. The first kappa shape index (κ1) is 12.5. The van der Waals surface area contributed by atoms with Gasteiger partial charge in [0.25, 0.3) is 0 Å². The summed E-state index contributed by atoms with van der Waals surface area (Å²) in [6.07, 6.45) is 2.20. The van der Waals surface area contributed by atoms with Crippen LogP contribution in [0.3, 0.4) is 0 Å². The lowest BCUT2D eigenvalue weighted by atomic mass is 9.83. The van der Waals surface area contributed by atoms with Crippen LogP contribution in [-0.4, -0.2) is 17.6 Å². The Kier molecular flexibility index (Phi) is 3.88. The number of ether oxygens (including phenoxy) is 1. The van der Waals surface area contributed by atoms with Crippen molar-refractivity contribution in [2.45, 2.75) is 32.6 Å². The first-order valence-electron chi connectivity index (χ1n) is 5.43. The zero-order valence-corrected chi connectivity index (χ0v) is 9.99. The maximum atomic E-state index is 11.9. The van der Waals surface area contributed by atoms with Gasteiger partial charge in [0, 0.05) is 0 Å². The highest BCUT2D eigenvalue weighted by Crippen LogP contribution is 2.27. The number of anilines is 1. The minimum atomic E-state index is -0.691. The summed E-state index contributed by atoms with van der Waals surface area (Å²) in [5.41, 5.74) is 6.16. The van der Waals surface area contributed by atoms with Gasteiger partial charge in [0.05, 0.1) is 24.2 Å². The van der Waals surface area contributed by atoms with Crippen molar-refractivity contribution in [1.29, 1.82) is 0 Å². The van der Waals surface area contributed by atoms with Crippen LogP contribution in [0.4, 0.5) is 5.69 Å². The van der Waals surface area contributed by atoms with Gasteiger partial charge in [0.2, 0.25) is 0 Å². The van der Waals surface area contributed by atoms with E-state index < -0.39 is 5.41 Å². The fraction of sp³-hybridized carbons (Fsp3) is 0.500. The highest BCUT2D eigenvalue weighted by atomic mass is 16.5. The number of carbonyl (C=O) groups excluding carboxylic acids is 1. The molecule has 1 heterocycles. The van der Waals surface area contributed by atoms with E-state index in [2.05, 4.69) is 4.98 Å². The summed E-state index contributed by atoms with van der Waals surface area (Å²) in [6.45, 7) is 5.95. The molecule has 0 saturated carbocycles. The molecule has 1 aromatic heterocycles. The molecular weight excluding hydrogens is 204 g/mol. The number of aromatic nitrogens is 1. The standard InChI is InChI=1S/C12H18N2O2/c1-4-12(3,11(15)16-5-2)10-7-6-9(13)8-14-10/h6-8H,4-5,13H2,1-3H3. The Bertz CT molecular complexity index is 362. The topological polar surface area (TPSA) is 65.2 Å². The van der Waals surface area contributed by atoms with Crippen molar-refractivity contribution < 1.29 is 9.53 Å². The van der Waals surface area contributed by atoms with Crippen LogP contribution in [0.2, 0.25) is 0 Å². The summed E-state index contributed by atoms with van der Waals surface area (Å²) < 4.78 is 5.07. The molecule has 0 radical (unpaired) electrons. The molecule has 0 aliphatic heterocycles. The number of hydrogen-bond donors (Lipinski definition) is 1. The van der Waals surface area contributed by atoms with E-state index >= 15 is 0 Å². The molecule has 1 aromatic rings. The van der Waals surface area contributed by atoms with Gasteiger partial charge in [0.1, 0.15) is 5.41 Å². The van der Waals surface area contributed by atoms with Gasteiger partial charge in [0.15, 0.2) is 0 Å². The quantitative estimate of drug-likeness (QED) is 0.790. The number of rotatable bonds is 4. The molecular formula is C12H18N2O2. The molecule has 0 bridgehead atoms. The molecule has 0 fully saturated rings. The second-order valence-electron chi connectivity index (χ2n) is 3.88. The van der Waals surface area contributed by atoms with Crippen LogP contribution in [0, 0.1) is 0 Å². The molecule has 0 aromatic carbocycles. The Morgan fingerprint density at radius 3 is 2.62 bits per heavy atom. The number of nitrogens with zero attached hydrogens (tertiary/aromatic N) is 1. The maximum Gasteiger partial charge on any atom is 0.317 e. The van der Waals surface area contributed by atoms with Gasteiger partial charge in [-0.15, -0.1) is 0 Å². The van der Waals surface area contributed by atoms with Crippen LogP contribution in [-0.2, 0) is 14.9 Å². The lowest BCUT2D eigenvalue weighted by molar-refractivity contribution is -0.149. The Labute approximate surface area is 95.8 Å². The average molecular weight is 222 g/mol. The van der Waals surface area contributed by atoms with Crippen LogP contribution in [0.15, 0.2) is 18.3 Å². The van der Waals surface area contributed by atoms with Crippen molar-refractivity contribution in [2.24, 2.45) is 0 Å². The zero-order valence-electron chi connectivity index (χ0n) is 9.99. The maximum absolute atomic E-state index is 11.9. The molecule has 4 nitrogen and oxygen atoms in total. The highest BCUT2D eigenvalue weighted by Gasteiger charge is 2.36. The lowest BCUT2D eigenvalue weighted by Gasteiger charge is -2.25. The Balaban J connectivity index is 3.04.